The molecule has 1 nitrogen and oxygen atoms in total. The summed E-state index contributed by atoms with van der Waals surface area (Å²) in [5.74, 6) is 2.57. The van der Waals surface area contributed by atoms with Crippen molar-refractivity contribution in [3.8, 4) is 5.75 Å². The molecule has 0 unspecified atom stereocenters. The van der Waals surface area contributed by atoms with Crippen LogP contribution in [0.2, 0.25) is 0 Å². The molecule has 0 spiro atoms. The summed E-state index contributed by atoms with van der Waals surface area (Å²) in [5.41, 5.74) is 1.13. The van der Waals surface area contributed by atoms with Crippen LogP contribution in [-0.2, 0) is 0 Å². The SMILES string of the molecule is FCCCC=C[C@H]1CC[C@H]([C@H]2CC[C@H](c3ccc(OC(F)(F)F)cc3)CC2)CC1. The number of halogens is 4. The number of hydrogen-bond acceptors (Lipinski definition) is 1. The Kier molecular flexibility index (Phi) is 8.02. The fraction of sp³-hybridized carbons (Fsp3) is 0.667. The van der Waals surface area contributed by atoms with E-state index < -0.39 is 6.36 Å². The summed E-state index contributed by atoms with van der Waals surface area (Å²) in [6, 6.07) is 6.42. The molecule has 3 rings (SSSR count). The molecule has 2 fully saturated rings. The first kappa shape index (κ1) is 22.2. The average molecular weight is 413 g/mol. The second-order valence-electron chi connectivity index (χ2n) is 8.66. The molecule has 1 aromatic rings. The minimum absolute atomic E-state index is 0.148. The van der Waals surface area contributed by atoms with Gasteiger partial charge in [-0.15, -0.1) is 13.2 Å². The maximum Gasteiger partial charge on any atom is 0.573 e. The molecule has 2 saturated carbocycles. The molecule has 0 bridgehead atoms. The third kappa shape index (κ3) is 7.04. The Morgan fingerprint density at radius 1 is 0.862 bits per heavy atom. The molecule has 0 N–H and O–H groups in total. The van der Waals surface area contributed by atoms with Gasteiger partial charge in [0.25, 0.3) is 0 Å². The van der Waals surface area contributed by atoms with Crippen molar-refractivity contribution in [3.63, 3.8) is 0 Å². The normalized spacial score (nSPS) is 28.6. The Hall–Kier alpha value is -1.52. The highest BCUT2D eigenvalue weighted by atomic mass is 19.4. The molecule has 0 saturated heterocycles. The van der Waals surface area contributed by atoms with Crippen molar-refractivity contribution in [2.45, 2.75) is 76.5 Å². The summed E-state index contributed by atoms with van der Waals surface area (Å²) in [5, 5.41) is 0. The zero-order valence-corrected chi connectivity index (χ0v) is 17.0. The van der Waals surface area contributed by atoms with E-state index >= 15 is 0 Å². The van der Waals surface area contributed by atoms with E-state index in [4.69, 9.17) is 0 Å². The van der Waals surface area contributed by atoms with Gasteiger partial charge in [0.1, 0.15) is 5.75 Å². The first-order valence-electron chi connectivity index (χ1n) is 11.0. The largest absolute Gasteiger partial charge is 0.573 e. The van der Waals surface area contributed by atoms with Gasteiger partial charge in [-0.1, -0.05) is 24.3 Å². The van der Waals surface area contributed by atoms with Crippen molar-refractivity contribution in [2.24, 2.45) is 17.8 Å². The molecule has 0 heterocycles. The molecule has 1 aromatic carbocycles. The van der Waals surface area contributed by atoms with Crippen LogP contribution in [0.1, 0.15) is 75.7 Å². The van der Waals surface area contributed by atoms with Gasteiger partial charge in [-0.25, -0.2) is 0 Å². The number of unbranched alkanes of at least 4 members (excludes halogenated alkanes) is 1. The van der Waals surface area contributed by atoms with E-state index in [1.165, 1.54) is 50.7 Å². The first-order valence-corrected chi connectivity index (χ1v) is 11.0. The number of allylic oxidation sites excluding steroid dienone is 2. The second kappa shape index (κ2) is 10.5. The summed E-state index contributed by atoms with van der Waals surface area (Å²) in [4.78, 5) is 0. The van der Waals surface area contributed by atoms with Crippen molar-refractivity contribution in [1.82, 2.24) is 0 Å². The molecule has 0 aliphatic heterocycles. The predicted molar refractivity (Wildman–Crippen MR) is 108 cm³/mol. The van der Waals surface area contributed by atoms with Crippen molar-refractivity contribution in [1.29, 1.82) is 0 Å². The third-order valence-electron chi connectivity index (χ3n) is 6.75. The molecular weight excluding hydrogens is 380 g/mol. The minimum atomic E-state index is -4.64. The van der Waals surface area contributed by atoms with Crippen LogP contribution >= 0.6 is 0 Å². The van der Waals surface area contributed by atoms with Crippen LogP contribution in [0.15, 0.2) is 36.4 Å². The lowest BCUT2D eigenvalue weighted by molar-refractivity contribution is -0.274. The monoisotopic (exact) mass is 412 g/mol. The molecule has 162 valence electrons. The molecular formula is C24H32F4O. The van der Waals surface area contributed by atoms with Gasteiger partial charge in [-0.2, -0.15) is 0 Å². The standard InChI is InChI=1S/C24H32F4O/c25-17-3-1-2-4-18-5-7-19(8-6-18)20-9-11-21(12-10-20)22-13-15-23(16-14-22)29-24(26,27)28/h2,4,13-16,18-21H,1,3,5-12,17H2/t18-,19-,20-,21-. The van der Waals surface area contributed by atoms with Gasteiger partial charge in [0.05, 0.1) is 6.67 Å². The Morgan fingerprint density at radius 3 is 2.00 bits per heavy atom. The summed E-state index contributed by atoms with van der Waals surface area (Å²) >= 11 is 0. The van der Waals surface area contributed by atoms with Crippen LogP contribution in [0, 0.1) is 17.8 Å². The van der Waals surface area contributed by atoms with E-state index in [9.17, 15) is 17.6 Å². The Bertz CT molecular complexity index is 621. The van der Waals surface area contributed by atoms with E-state index in [-0.39, 0.29) is 12.4 Å². The summed E-state index contributed by atoms with van der Waals surface area (Å²) in [7, 11) is 0. The fourth-order valence-corrected chi connectivity index (χ4v) is 5.16. The maximum atomic E-state index is 12.3. The van der Waals surface area contributed by atoms with Crippen molar-refractivity contribution < 1.29 is 22.3 Å². The predicted octanol–water partition coefficient (Wildman–Crippen LogP) is 7.97. The van der Waals surface area contributed by atoms with Gasteiger partial charge >= 0.3 is 6.36 Å². The lowest BCUT2D eigenvalue weighted by atomic mass is 9.68. The number of hydrogen-bond donors (Lipinski definition) is 0. The number of benzene rings is 1. The van der Waals surface area contributed by atoms with Crippen molar-refractivity contribution in [3.05, 3.63) is 42.0 Å². The third-order valence-corrected chi connectivity index (χ3v) is 6.75. The maximum absolute atomic E-state index is 12.3. The highest BCUT2D eigenvalue weighted by molar-refractivity contribution is 5.29. The number of ether oxygens (including phenoxy) is 1. The first-order chi connectivity index (χ1) is 13.9. The molecule has 2 aliphatic carbocycles. The van der Waals surface area contributed by atoms with Crippen LogP contribution in [0.5, 0.6) is 5.75 Å². The van der Waals surface area contributed by atoms with E-state index in [0.717, 1.165) is 36.7 Å². The van der Waals surface area contributed by atoms with Crippen LogP contribution in [-0.4, -0.2) is 13.0 Å². The van der Waals surface area contributed by atoms with Gasteiger partial charge in [0, 0.05) is 0 Å². The number of alkyl halides is 4. The second-order valence-corrected chi connectivity index (χ2v) is 8.66. The number of rotatable bonds is 7. The van der Waals surface area contributed by atoms with Crippen LogP contribution < -0.4 is 4.74 Å². The molecule has 5 heteroatoms. The van der Waals surface area contributed by atoms with E-state index in [1.807, 2.05) is 0 Å². The van der Waals surface area contributed by atoms with Crippen LogP contribution in [0.3, 0.4) is 0 Å². The Morgan fingerprint density at radius 2 is 1.45 bits per heavy atom. The van der Waals surface area contributed by atoms with Crippen LogP contribution in [0.4, 0.5) is 17.6 Å². The molecule has 0 atom stereocenters. The van der Waals surface area contributed by atoms with Gasteiger partial charge in [0.15, 0.2) is 0 Å². The van der Waals surface area contributed by atoms with Gasteiger partial charge in [-0.3, -0.25) is 4.39 Å². The van der Waals surface area contributed by atoms with E-state index in [2.05, 4.69) is 16.9 Å². The quantitative estimate of drug-likeness (QED) is 0.251. The van der Waals surface area contributed by atoms with E-state index in [1.54, 1.807) is 12.1 Å². The van der Waals surface area contributed by atoms with Gasteiger partial charge in [0.2, 0.25) is 0 Å². The Balaban J connectivity index is 1.41. The average Bonchev–Trinajstić information content (AvgIpc) is 2.71. The lowest BCUT2D eigenvalue weighted by Crippen LogP contribution is -2.25. The topological polar surface area (TPSA) is 9.23 Å². The summed E-state index contributed by atoms with van der Waals surface area (Å²) in [6.07, 6.45) is 11.0. The zero-order valence-electron chi connectivity index (χ0n) is 17.0. The highest BCUT2D eigenvalue weighted by Crippen LogP contribution is 2.44. The van der Waals surface area contributed by atoms with Gasteiger partial charge in [-0.05, 0) is 106 Å². The zero-order chi connectivity index (χ0) is 20.7. The van der Waals surface area contributed by atoms with Crippen molar-refractivity contribution in [2.75, 3.05) is 6.67 Å². The Labute approximate surface area is 171 Å². The molecule has 0 aromatic heterocycles. The van der Waals surface area contributed by atoms with Gasteiger partial charge < -0.3 is 4.74 Å². The van der Waals surface area contributed by atoms with Crippen LogP contribution in [0.25, 0.3) is 0 Å². The smallest absolute Gasteiger partial charge is 0.406 e. The molecule has 2 aliphatic rings. The highest BCUT2D eigenvalue weighted by Gasteiger charge is 2.32. The molecule has 0 amide bonds. The molecule has 29 heavy (non-hydrogen) atoms. The van der Waals surface area contributed by atoms with Crippen molar-refractivity contribution >= 4 is 0 Å². The minimum Gasteiger partial charge on any atom is -0.406 e. The summed E-state index contributed by atoms with van der Waals surface area (Å²) < 4.78 is 53.0. The van der Waals surface area contributed by atoms with E-state index in [0.29, 0.717) is 18.3 Å². The lowest BCUT2D eigenvalue weighted by Gasteiger charge is -2.37. The molecule has 0 radical (unpaired) electrons. The fourth-order valence-electron chi connectivity index (χ4n) is 5.16. The summed E-state index contributed by atoms with van der Waals surface area (Å²) in [6.45, 7) is -0.231.